The summed E-state index contributed by atoms with van der Waals surface area (Å²) in [5, 5.41) is 0. The number of rotatable bonds is 3. The van der Waals surface area contributed by atoms with Crippen molar-refractivity contribution in [2.75, 3.05) is 18.6 Å². The van der Waals surface area contributed by atoms with Crippen LogP contribution >= 0.6 is 0 Å². The molecule has 0 aromatic carbocycles. The Labute approximate surface area is 102 Å². The van der Waals surface area contributed by atoms with E-state index in [1.807, 2.05) is 0 Å². The van der Waals surface area contributed by atoms with Gasteiger partial charge in [0, 0.05) is 30.9 Å². The highest BCUT2D eigenvalue weighted by atomic mass is 16.5. The molecule has 1 aromatic heterocycles. The van der Waals surface area contributed by atoms with Crippen molar-refractivity contribution in [3.63, 3.8) is 0 Å². The number of piperidine rings is 1. The van der Waals surface area contributed by atoms with Gasteiger partial charge in [-0.3, -0.25) is 0 Å². The third-order valence-corrected chi connectivity index (χ3v) is 3.36. The van der Waals surface area contributed by atoms with Crippen LogP contribution in [0.2, 0.25) is 0 Å². The fourth-order valence-corrected chi connectivity index (χ4v) is 2.45. The maximum absolute atomic E-state index is 5.84. The van der Waals surface area contributed by atoms with Gasteiger partial charge in [0.2, 0.25) is 11.8 Å². The van der Waals surface area contributed by atoms with Gasteiger partial charge in [0.25, 0.3) is 0 Å². The monoisotopic (exact) mass is 236 g/mol. The summed E-state index contributed by atoms with van der Waals surface area (Å²) >= 11 is 0. The van der Waals surface area contributed by atoms with Gasteiger partial charge >= 0.3 is 0 Å². The number of aromatic nitrogens is 2. The molecule has 5 heteroatoms. The van der Waals surface area contributed by atoms with E-state index in [9.17, 15) is 0 Å². The van der Waals surface area contributed by atoms with Crippen LogP contribution in [0, 0.1) is 0 Å². The lowest BCUT2D eigenvalue weighted by atomic mass is 9.97. The van der Waals surface area contributed by atoms with E-state index in [1.165, 1.54) is 6.42 Å². The van der Waals surface area contributed by atoms with Crippen LogP contribution in [0.15, 0.2) is 12.3 Å². The second-order valence-corrected chi connectivity index (χ2v) is 4.48. The molecule has 2 heterocycles. The summed E-state index contributed by atoms with van der Waals surface area (Å²) in [6.45, 7) is 2.84. The molecule has 2 unspecified atom stereocenters. The zero-order valence-corrected chi connectivity index (χ0v) is 10.5. The number of hydrogen-bond donors (Lipinski definition) is 1. The first-order chi connectivity index (χ1) is 8.26. The average molecular weight is 236 g/mol. The van der Waals surface area contributed by atoms with Gasteiger partial charge in [-0.25, -0.2) is 4.98 Å². The first kappa shape index (κ1) is 12.1. The van der Waals surface area contributed by atoms with Gasteiger partial charge in [0.15, 0.2) is 0 Å². The summed E-state index contributed by atoms with van der Waals surface area (Å²) in [7, 11) is 1.62. The van der Waals surface area contributed by atoms with Crippen molar-refractivity contribution in [1.82, 2.24) is 9.97 Å². The van der Waals surface area contributed by atoms with Gasteiger partial charge in [-0.15, -0.1) is 0 Å². The fourth-order valence-electron chi connectivity index (χ4n) is 2.45. The highest BCUT2D eigenvalue weighted by molar-refractivity contribution is 5.36. The Balaban J connectivity index is 2.27. The van der Waals surface area contributed by atoms with Gasteiger partial charge < -0.3 is 15.4 Å². The number of anilines is 1. The molecule has 94 valence electrons. The molecular formula is C12H20N4O. The maximum atomic E-state index is 5.84. The Morgan fingerprint density at radius 1 is 1.53 bits per heavy atom. The predicted octanol–water partition coefficient (Wildman–Crippen LogP) is 1.19. The molecular weight excluding hydrogens is 216 g/mol. The Kier molecular flexibility index (Phi) is 3.78. The van der Waals surface area contributed by atoms with Crippen LogP contribution in [0.5, 0.6) is 5.88 Å². The van der Waals surface area contributed by atoms with Gasteiger partial charge in [-0.05, 0) is 26.2 Å². The van der Waals surface area contributed by atoms with Crippen LogP contribution in [0.25, 0.3) is 0 Å². The Morgan fingerprint density at radius 3 is 3.06 bits per heavy atom. The summed E-state index contributed by atoms with van der Waals surface area (Å²) in [5.74, 6) is 1.33. The van der Waals surface area contributed by atoms with Crippen molar-refractivity contribution in [3.05, 3.63) is 12.3 Å². The standard InChI is InChI=1S/C12H20N4O/c1-9-4-3-5-10(8-13)16(9)12-14-7-6-11(15-12)17-2/h6-7,9-10H,3-5,8,13H2,1-2H3. The molecule has 0 aliphatic carbocycles. The van der Waals surface area contributed by atoms with E-state index < -0.39 is 0 Å². The van der Waals surface area contributed by atoms with E-state index in [-0.39, 0.29) is 0 Å². The van der Waals surface area contributed by atoms with Crippen LogP contribution in [-0.2, 0) is 0 Å². The summed E-state index contributed by atoms with van der Waals surface area (Å²) in [5.41, 5.74) is 5.84. The number of nitrogens with zero attached hydrogens (tertiary/aromatic N) is 3. The minimum Gasteiger partial charge on any atom is -0.481 e. The molecule has 2 N–H and O–H groups in total. The lowest BCUT2D eigenvalue weighted by Gasteiger charge is -2.40. The van der Waals surface area contributed by atoms with Crippen molar-refractivity contribution in [1.29, 1.82) is 0 Å². The second kappa shape index (κ2) is 5.31. The van der Waals surface area contributed by atoms with Gasteiger partial charge in [0.05, 0.1) is 7.11 Å². The topological polar surface area (TPSA) is 64.3 Å². The number of ether oxygens (including phenoxy) is 1. The molecule has 0 spiro atoms. The normalized spacial score (nSPS) is 24.8. The largest absolute Gasteiger partial charge is 0.481 e. The molecule has 0 bridgehead atoms. The Morgan fingerprint density at radius 2 is 2.35 bits per heavy atom. The molecule has 0 amide bonds. The molecule has 17 heavy (non-hydrogen) atoms. The number of hydrogen-bond acceptors (Lipinski definition) is 5. The van der Waals surface area contributed by atoms with Crippen molar-refractivity contribution >= 4 is 5.95 Å². The van der Waals surface area contributed by atoms with Crippen molar-refractivity contribution in [3.8, 4) is 5.88 Å². The van der Waals surface area contributed by atoms with Crippen LogP contribution in [-0.4, -0.2) is 35.7 Å². The lowest BCUT2D eigenvalue weighted by molar-refractivity contribution is 0.379. The van der Waals surface area contributed by atoms with Crippen LogP contribution < -0.4 is 15.4 Å². The highest BCUT2D eigenvalue weighted by Crippen LogP contribution is 2.26. The average Bonchev–Trinajstić information content (AvgIpc) is 2.38. The quantitative estimate of drug-likeness (QED) is 0.854. The fraction of sp³-hybridized carbons (Fsp3) is 0.667. The number of nitrogens with two attached hydrogens (primary N) is 1. The molecule has 1 aliphatic heterocycles. The third kappa shape index (κ3) is 2.49. The second-order valence-electron chi connectivity index (χ2n) is 4.48. The smallest absolute Gasteiger partial charge is 0.229 e. The van der Waals surface area contributed by atoms with Crippen molar-refractivity contribution in [2.24, 2.45) is 5.73 Å². The molecule has 2 rings (SSSR count). The van der Waals surface area contributed by atoms with Crippen molar-refractivity contribution < 1.29 is 4.74 Å². The number of methoxy groups -OCH3 is 1. The van der Waals surface area contributed by atoms with E-state index in [0.29, 0.717) is 24.5 Å². The highest BCUT2D eigenvalue weighted by Gasteiger charge is 2.28. The zero-order chi connectivity index (χ0) is 12.3. The van der Waals surface area contributed by atoms with Gasteiger partial charge in [0.1, 0.15) is 0 Å². The predicted molar refractivity (Wildman–Crippen MR) is 67.2 cm³/mol. The van der Waals surface area contributed by atoms with Crippen LogP contribution in [0.1, 0.15) is 26.2 Å². The molecule has 1 aliphatic rings. The van der Waals surface area contributed by atoms with E-state index in [2.05, 4.69) is 21.8 Å². The van der Waals surface area contributed by atoms with E-state index in [1.54, 1.807) is 19.4 Å². The summed E-state index contributed by atoms with van der Waals surface area (Å²) in [4.78, 5) is 11.0. The zero-order valence-electron chi connectivity index (χ0n) is 10.5. The molecule has 0 saturated carbocycles. The third-order valence-electron chi connectivity index (χ3n) is 3.36. The maximum Gasteiger partial charge on any atom is 0.229 e. The Bertz CT molecular complexity index is 371. The molecule has 5 nitrogen and oxygen atoms in total. The molecule has 1 fully saturated rings. The van der Waals surface area contributed by atoms with E-state index >= 15 is 0 Å². The minimum absolute atomic E-state index is 0.339. The minimum atomic E-state index is 0.339. The molecule has 2 atom stereocenters. The first-order valence-corrected chi connectivity index (χ1v) is 6.11. The van der Waals surface area contributed by atoms with E-state index in [4.69, 9.17) is 10.5 Å². The van der Waals surface area contributed by atoms with Crippen molar-refractivity contribution in [2.45, 2.75) is 38.3 Å². The van der Waals surface area contributed by atoms with Gasteiger partial charge in [-0.1, -0.05) is 0 Å². The molecule has 0 radical (unpaired) electrons. The van der Waals surface area contributed by atoms with E-state index in [0.717, 1.165) is 18.8 Å². The summed E-state index contributed by atoms with van der Waals surface area (Å²) in [6, 6.07) is 2.53. The summed E-state index contributed by atoms with van der Waals surface area (Å²) in [6.07, 6.45) is 5.23. The van der Waals surface area contributed by atoms with Crippen LogP contribution in [0.4, 0.5) is 5.95 Å². The summed E-state index contributed by atoms with van der Waals surface area (Å²) < 4.78 is 5.14. The SMILES string of the molecule is COc1ccnc(N2C(C)CCCC2CN)n1. The van der Waals surface area contributed by atoms with Gasteiger partial charge in [-0.2, -0.15) is 4.98 Å². The lowest BCUT2D eigenvalue weighted by Crippen LogP contribution is -2.49. The molecule has 1 aromatic rings. The first-order valence-electron chi connectivity index (χ1n) is 6.11. The molecule has 1 saturated heterocycles. The van der Waals surface area contributed by atoms with Crippen LogP contribution in [0.3, 0.4) is 0 Å². The Hall–Kier alpha value is -1.36.